The van der Waals surface area contributed by atoms with Crippen LogP contribution in [0.25, 0.3) is 0 Å². The molecule has 5 heteroatoms. The van der Waals surface area contributed by atoms with Crippen LogP contribution in [-0.2, 0) is 4.74 Å². The molecule has 1 amide bonds. The number of carbonyl (C=O) groups is 1. The molecule has 1 heterocycles. The van der Waals surface area contributed by atoms with Crippen LogP contribution >= 0.6 is 0 Å². The maximum atomic E-state index is 11.4. The quantitative estimate of drug-likeness (QED) is 0.722. The highest BCUT2D eigenvalue weighted by atomic mass is 16.6. The van der Waals surface area contributed by atoms with Crippen LogP contribution in [0.3, 0.4) is 0 Å². The lowest BCUT2D eigenvalue weighted by Gasteiger charge is -2.35. The molecule has 0 saturated carbocycles. The van der Waals surface area contributed by atoms with Crippen molar-refractivity contribution in [2.24, 2.45) is 0 Å². The minimum atomic E-state index is -0.453. The Bertz CT molecular complexity index is 263. The molecule has 1 saturated heterocycles. The third-order valence-corrected chi connectivity index (χ3v) is 2.99. The van der Waals surface area contributed by atoms with Crippen molar-refractivity contribution in [3.63, 3.8) is 0 Å². The van der Waals surface area contributed by atoms with Crippen LogP contribution in [-0.4, -0.2) is 42.3 Å². The number of likely N-dealkylation sites (tertiary alicyclic amines) is 1. The smallest absolute Gasteiger partial charge is 0.422 e. The Balaban J connectivity index is 2.25. The zero-order valence-corrected chi connectivity index (χ0v) is 11.5. The van der Waals surface area contributed by atoms with Crippen molar-refractivity contribution in [2.75, 3.05) is 13.6 Å². The first-order chi connectivity index (χ1) is 7.78. The Kier molecular flexibility index (Phi) is 4.77. The lowest BCUT2D eigenvalue weighted by molar-refractivity contribution is 0.0469. The fraction of sp³-hybridized carbons (Fsp3) is 0.917. The van der Waals surface area contributed by atoms with Crippen LogP contribution in [0, 0.1) is 0 Å². The summed E-state index contributed by atoms with van der Waals surface area (Å²) in [5.41, 5.74) is 5.21. The minimum Gasteiger partial charge on any atom is -0.443 e. The van der Waals surface area contributed by atoms with Crippen LogP contribution in [0.5, 0.6) is 0 Å². The number of rotatable bonds is 2. The summed E-state index contributed by atoms with van der Waals surface area (Å²) in [7, 11) is 2.13. The summed E-state index contributed by atoms with van der Waals surface area (Å²) in [5, 5.41) is 0. The van der Waals surface area contributed by atoms with Gasteiger partial charge in [0.25, 0.3) is 0 Å². The second kappa shape index (κ2) is 5.69. The molecule has 100 valence electrons. The second-order valence-corrected chi connectivity index (χ2v) is 5.82. The summed E-state index contributed by atoms with van der Waals surface area (Å²) in [6, 6.07) is 0.871. The van der Waals surface area contributed by atoms with Crippen molar-refractivity contribution >= 4 is 6.09 Å². The molecule has 2 N–H and O–H groups in total. The molecule has 0 aromatic rings. The van der Waals surface area contributed by atoms with E-state index >= 15 is 0 Å². The zero-order valence-electron chi connectivity index (χ0n) is 11.5. The van der Waals surface area contributed by atoms with Crippen LogP contribution in [0.1, 0.15) is 40.5 Å². The van der Waals surface area contributed by atoms with Crippen molar-refractivity contribution in [2.45, 2.75) is 58.2 Å². The third-order valence-electron chi connectivity index (χ3n) is 2.99. The number of hydrazine groups is 1. The van der Waals surface area contributed by atoms with Gasteiger partial charge in [0, 0.05) is 12.1 Å². The van der Waals surface area contributed by atoms with E-state index in [4.69, 9.17) is 4.74 Å². The Morgan fingerprint density at radius 2 is 2.06 bits per heavy atom. The van der Waals surface area contributed by atoms with Crippen molar-refractivity contribution in [3.8, 4) is 0 Å². The van der Waals surface area contributed by atoms with E-state index in [0.717, 1.165) is 19.4 Å². The Hall–Kier alpha value is -0.810. The van der Waals surface area contributed by atoms with Gasteiger partial charge in [-0.05, 0) is 54.1 Å². The van der Waals surface area contributed by atoms with E-state index in [2.05, 4.69) is 29.7 Å². The van der Waals surface area contributed by atoms with E-state index in [1.54, 1.807) is 0 Å². The van der Waals surface area contributed by atoms with Crippen LogP contribution in [0.4, 0.5) is 4.79 Å². The molecule has 0 radical (unpaired) electrons. The number of hydrogen-bond donors (Lipinski definition) is 2. The molecule has 0 spiro atoms. The standard InChI is InChI=1S/C12H25N3O2/c1-9-8-10(6-7-15(9)5)13-14-11(16)17-12(2,3)4/h9-10,13H,6-8H2,1-5H3,(H,14,16). The van der Waals surface area contributed by atoms with Gasteiger partial charge < -0.3 is 9.64 Å². The average molecular weight is 243 g/mol. The lowest BCUT2D eigenvalue weighted by atomic mass is 10.00. The highest BCUT2D eigenvalue weighted by Gasteiger charge is 2.23. The number of ether oxygens (including phenoxy) is 1. The van der Waals surface area contributed by atoms with Gasteiger partial charge in [-0.2, -0.15) is 0 Å². The van der Waals surface area contributed by atoms with E-state index in [1.807, 2.05) is 20.8 Å². The normalized spacial score (nSPS) is 26.6. The molecule has 1 aliphatic heterocycles. The Labute approximate surface area is 104 Å². The average Bonchev–Trinajstić information content (AvgIpc) is 2.17. The van der Waals surface area contributed by atoms with Gasteiger partial charge in [-0.1, -0.05) is 0 Å². The molecule has 1 fully saturated rings. The van der Waals surface area contributed by atoms with Gasteiger partial charge in [0.2, 0.25) is 0 Å². The summed E-state index contributed by atoms with van der Waals surface area (Å²) >= 11 is 0. The van der Waals surface area contributed by atoms with Crippen molar-refractivity contribution in [3.05, 3.63) is 0 Å². The molecular weight excluding hydrogens is 218 g/mol. The lowest BCUT2D eigenvalue weighted by Crippen LogP contribution is -2.52. The summed E-state index contributed by atoms with van der Waals surface area (Å²) in [6.07, 6.45) is 1.66. The number of amides is 1. The Morgan fingerprint density at radius 3 is 2.59 bits per heavy atom. The number of nitrogens with zero attached hydrogens (tertiary/aromatic N) is 1. The van der Waals surface area contributed by atoms with E-state index < -0.39 is 11.7 Å². The van der Waals surface area contributed by atoms with E-state index in [-0.39, 0.29) is 0 Å². The largest absolute Gasteiger partial charge is 0.443 e. The fourth-order valence-corrected chi connectivity index (χ4v) is 1.89. The molecule has 2 unspecified atom stereocenters. The second-order valence-electron chi connectivity index (χ2n) is 5.82. The monoisotopic (exact) mass is 243 g/mol. The summed E-state index contributed by atoms with van der Waals surface area (Å²) in [6.45, 7) is 8.80. The van der Waals surface area contributed by atoms with Crippen molar-refractivity contribution in [1.29, 1.82) is 0 Å². The number of nitrogens with one attached hydrogen (secondary N) is 2. The first-order valence-electron chi connectivity index (χ1n) is 6.22. The molecule has 1 rings (SSSR count). The predicted molar refractivity (Wildman–Crippen MR) is 67.6 cm³/mol. The number of piperidine rings is 1. The topological polar surface area (TPSA) is 53.6 Å². The van der Waals surface area contributed by atoms with E-state index in [1.165, 1.54) is 0 Å². The van der Waals surface area contributed by atoms with Gasteiger partial charge in [0.05, 0.1) is 0 Å². The zero-order chi connectivity index (χ0) is 13.1. The summed E-state index contributed by atoms with van der Waals surface area (Å²) in [5.74, 6) is 0. The SMILES string of the molecule is CC1CC(NNC(=O)OC(C)(C)C)CCN1C. The number of hydrogen-bond acceptors (Lipinski definition) is 4. The minimum absolute atomic E-state index is 0.328. The van der Waals surface area contributed by atoms with E-state index in [0.29, 0.717) is 12.1 Å². The highest BCUT2D eigenvalue weighted by Crippen LogP contribution is 2.14. The van der Waals surface area contributed by atoms with Gasteiger partial charge in [-0.25, -0.2) is 10.2 Å². The Morgan fingerprint density at radius 1 is 1.41 bits per heavy atom. The molecule has 0 aliphatic carbocycles. The number of carbonyl (C=O) groups excluding carboxylic acids is 1. The molecule has 17 heavy (non-hydrogen) atoms. The van der Waals surface area contributed by atoms with Gasteiger partial charge in [-0.3, -0.25) is 5.43 Å². The molecule has 0 aromatic carbocycles. The maximum absolute atomic E-state index is 11.4. The third kappa shape index (κ3) is 5.37. The molecule has 1 aliphatic rings. The molecule has 5 nitrogen and oxygen atoms in total. The van der Waals surface area contributed by atoms with Gasteiger partial charge in [0.1, 0.15) is 5.60 Å². The first-order valence-corrected chi connectivity index (χ1v) is 6.22. The van der Waals surface area contributed by atoms with Crippen molar-refractivity contribution < 1.29 is 9.53 Å². The highest BCUT2D eigenvalue weighted by molar-refractivity contribution is 5.67. The van der Waals surface area contributed by atoms with Gasteiger partial charge in [-0.15, -0.1) is 0 Å². The van der Waals surface area contributed by atoms with Gasteiger partial charge in [0.15, 0.2) is 0 Å². The van der Waals surface area contributed by atoms with Crippen molar-refractivity contribution in [1.82, 2.24) is 15.8 Å². The van der Waals surface area contributed by atoms with E-state index in [9.17, 15) is 4.79 Å². The predicted octanol–water partition coefficient (Wildman–Crippen LogP) is 1.50. The fourth-order valence-electron chi connectivity index (χ4n) is 1.89. The van der Waals surface area contributed by atoms with Crippen LogP contribution in [0.2, 0.25) is 0 Å². The summed E-state index contributed by atoms with van der Waals surface area (Å²) < 4.78 is 5.15. The maximum Gasteiger partial charge on any atom is 0.422 e. The molecule has 0 bridgehead atoms. The van der Waals surface area contributed by atoms with Crippen LogP contribution in [0.15, 0.2) is 0 Å². The van der Waals surface area contributed by atoms with Gasteiger partial charge >= 0.3 is 6.09 Å². The molecule has 0 aromatic heterocycles. The molecular formula is C12H25N3O2. The summed E-state index contributed by atoms with van der Waals surface area (Å²) in [4.78, 5) is 13.8. The molecule has 2 atom stereocenters. The first kappa shape index (κ1) is 14.3. The van der Waals surface area contributed by atoms with Crippen LogP contribution < -0.4 is 10.9 Å².